The summed E-state index contributed by atoms with van der Waals surface area (Å²) in [6, 6.07) is 3.16. The van der Waals surface area contributed by atoms with E-state index in [-0.39, 0.29) is 0 Å². The highest BCUT2D eigenvalue weighted by molar-refractivity contribution is 4.90. The van der Waals surface area contributed by atoms with E-state index in [0.717, 1.165) is 19.6 Å². The molecule has 1 N–H and O–H groups in total. The van der Waals surface area contributed by atoms with E-state index < -0.39 is 0 Å². The van der Waals surface area contributed by atoms with Gasteiger partial charge in [0.1, 0.15) is 0 Å². The summed E-state index contributed by atoms with van der Waals surface area (Å²) in [4.78, 5) is 2.47. The smallest absolute Gasteiger partial charge is 0.0638 e. The highest BCUT2D eigenvalue weighted by atomic mass is 15.2. The van der Waals surface area contributed by atoms with Gasteiger partial charge < -0.3 is 5.32 Å². The highest BCUT2D eigenvalue weighted by Gasteiger charge is 2.29. The first-order valence-corrected chi connectivity index (χ1v) is 5.79. The molecule has 1 unspecified atom stereocenters. The van der Waals surface area contributed by atoms with E-state index in [0.29, 0.717) is 23.9 Å². The first kappa shape index (κ1) is 12.5. The molecule has 86 valence electrons. The zero-order valence-corrected chi connectivity index (χ0v) is 10.4. The average molecular weight is 209 g/mol. The Morgan fingerprint density at radius 3 is 2.73 bits per heavy atom. The van der Waals surface area contributed by atoms with E-state index in [1.165, 1.54) is 0 Å². The molecule has 1 rings (SSSR count). The van der Waals surface area contributed by atoms with Crippen molar-refractivity contribution in [2.24, 2.45) is 5.41 Å². The Labute approximate surface area is 93.5 Å². The number of nitrogens with zero attached hydrogens (tertiary/aromatic N) is 2. The van der Waals surface area contributed by atoms with E-state index in [1.54, 1.807) is 0 Å². The van der Waals surface area contributed by atoms with Gasteiger partial charge in [0, 0.05) is 31.7 Å². The lowest BCUT2D eigenvalue weighted by Gasteiger charge is -2.32. The number of rotatable bonds is 2. The molecule has 0 spiro atoms. The predicted molar refractivity (Wildman–Crippen MR) is 62.5 cm³/mol. The van der Waals surface area contributed by atoms with Crippen LogP contribution in [0.15, 0.2) is 0 Å². The summed E-state index contributed by atoms with van der Waals surface area (Å²) in [6.07, 6.45) is 0.610. The van der Waals surface area contributed by atoms with Crippen molar-refractivity contribution in [3.05, 3.63) is 0 Å². The Hall–Kier alpha value is -0.590. The first-order chi connectivity index (χ1) is 6.94. The second kappa shape index (κ2) is 4.96. The van der Waals surface area contributed by atoms with Crippen LogP contribution >= 0.6 is 0 Å². The third-order valence-electron chi connectivity index (χ3n) is 3.02. The van der Waals surface area contributed by atoms with Crippen molar-refractivity contribution in [3.8, 4) is 6.07 Å². The van der Waals surface area contributed by atoms with Crippen molar-refractivity contribution in [2.75, 3.05) is 19.6 Å². The summed E-state index contributed by atoms with van der Waals surface area (Å²) in [6.45, 7) is 12.1. The Balaban J connectivity index is 2.67. The Morgan fingerprint density at radius 2 is 2.20 bits per heavy atom. The molecular formula is C12H23N3. The number of hydrogen-bond donors (Lipinski definition) is 1. The average Bonchev–Trinajstić information content (AvgIpc) is 2.26. The van der Waals surface area contributed by atoms with E-state index in [1.807, 2.05) is 0 Å². The lowest BCUT2D eigenvalue weighted by molar-refractivity contribution is 0.164. The topological polar surface area (TPSA) is 39.1 Å². The van der Waals surface area contributed by atoms with Gasteiger partial charge in [-0.2, -0.15) is 5.26 Å². The summed E-state index contributed by atoms with van der Waals surface area (Å²) in [5.74, 6) is 0. The standard InChI is InChI=1S/C12H23N3/c1-10(2)15-7-11(5-6-13)14-8-12(3,4)9-15/h10-11,14H,5,7-9H2,1-4H3. The van der Waals surface area contributed by atoms with Gasteiger partial charge in [-0.15, -0.1) is 0 Å². The van der Waals surface area contributed by atoms with Crippen molar-refractivity contribution in [3.63, 3.8) is 0 Å². The third-order valence-corrected chi connectivity index (χ3v) is 3.02. The third kappa shape index (κ3) is 3.81. The van der Waals surface area contributed by atoms with Crippen LogP contribution in [0.5, 0.6) is 0 Å². The first-order valence-electron chi connectivity index (χ1n) is 5.79. The van der Waals surface area contributed by atoms with Gasteiger partial charge in [-0.25, -0.2) is 0 Å². The molecule has 3 heteroatoms. The van der Waals surface area contributed by atoms with Crippen LogP contribution < -0.4 is 5.32 Å². The lowest BCUT2D eigenvalue weighted by atomic mass is 9.93. The number of nitrogens with one attached hydrogen (secondary N) is 1. The summed E-state index contributed by atoms with van der Waals surface area (Å²) in [5, 5.41) is 12.3. The van der Waals surface area contributed by atoms with Gasteiger partial charge in [0.2, 0.25) is 0 Å². The normalized spacial score (nSPS) is 27.3. The second-order valence-corrected chi connectivity index (χ2v) is 5.63. The van der Waals surface area contributed by atoms with Crippen LogP contribution in [0.25, 0.3) is 0 Å². The van der Waals surface area contributed by atoms with Crippen molar-refractivity contribution in [2.45, 2.75) is 46.2 Å². The SMILES string of the molecule is CC(C)N1CC(CC#N)NCC(C)(C)C1. The molecule has 0 radical (unpaired) electrons. The van der Waals surface area contributed by atoms with Gasteiger partial charge in [-0.3, -0.25) is 4.90 Å². The zero-order valence-electron chi connectivity index (χ0n) is 10.4. The minimum atomic E-state index is 0.300. The molecule has 0 saturated carbocycles. The van der Waals surface area contributed by atoms with E-state index in [9.17, 15) is 0 Å². The second-order valence-electron chi connectivity index (χ2n) is 5.63. The minimum absolute atomic E-state index is 0.300. The molecule has 0 aromatic carbocycles. The molecule has 0 aliphatic carbocycles. The Bertz CT molecular complexity index is 240. The lowest BCUT2D eigenvalue weighted by Crippen LogP contribution is -2.41. The quantitative estimate of drug-likeness (QED) is 0.751. The van der Waals surface area contributed by atoms with Gasteiger partial charge in [-0.1, -0.05) is 13.8 Å². The van der Waals surface area contributed by atoms with Gasteiger partial charge in [0.25, 0.3) is 0 Å². The van der Waals surface area contributed by atoms with Crippen LogP contribution in [0.2, 0.25) is 0 Å². The monoisotopic (exact) mass is 209 g/mol. The van der Waals surface area contributed by atoms with Crippen LogP contribution in [0, 0.1) is 16.7 Å². The van der Waals surface area contributed by atoms with Crippen molar-refractivity contribution in [1.82, 2.24) is 10.2 Å². The molecule has 1 aliphatic heterocycles. The Kier molecular flexibility index (Phi) is 4.12. The maximum Gasteiger partial charge on any atom is 0.0638 e. The Morgan fingerprint density at radius 1 is 1.53 bits per heavy atom. The molecule has 1 fully saturated rings. The minimum Gasteiger partial charge on any atom is -0.311 e. The van der Waals surface area contributed by atoms with Gasteiger partial charge in [-0.05, 0) is 19.3 Å². The van der Waals surface area contributed by atoms with E-state index in [4.69, 9.17) is 5.26 Å². The van der Waals surface area contributed by atoms with Crippen LogP contribution in [0.4, 0.5) is 0 Å². The molecule has 0 aromatic heterocycles. The number of nitriles is 1. The van der Waals surface area contributed by atoms with Gasteiger partial charge >= 0.3 is 0 Å². The van der Waals surface area contributed by atoms with E-state index >= 15 is 0 Å². The van der Waals surface area contributed by atoms with Crippen LogP contribution in [0.1, 0.15) is 34.1 Å². The molecule has 1 saturated heterocycles. The molecule has 0 bridgehead atoms. The molecule has 0 amide bonds. The zero-order chi connectivity index (χ0) is 11.5. The molecule has 3 nitrogen and oxygen atoms in total. The molecule has 1 aliphatic rings. The maximum absolute atomic E-state index is 8.76. The van der Waals surface area contributed by atoms with Gasteiger partial charge in [0.15, 0.2) is 0 Å². The molecule has 15 heavy (non-hydrogen) atoms. The predicted octanol–water partition coefficient (Wildman–Crippen LogP) is 1.61. The fourth-order valence-corrected chi connectivity index (χ4v) is 2.08. The maximum atomic E-state index is 8.76. The van der Waals surface area contributed by atoms with E-state index in [2.05, 4.69) is 44.0 Å². The van der Waals surface area contributed by atoms with Gasteiger partial charge in [0.05, 0.1) is 12.5 Å². The largest absolute Gasteiger partial charge is 0.311 e. The molecular weight excluding hydrogens is 186 g/mol. The molecule has 0 aromatic rings. The van der Waals surface area contributed by atoms with Crippen molar-refractivity contribution < 1.29 is 0 Å². The van der Waals surface area contributed by atoms with Crippen molar-refractivity contribution >= 4 is 0 Å². The number of hydrogen-bond acceptors (Lipinski definition) is 3. The van der Waals surface area contributed by atoms with Crippen molar-refractivity contribution in [1.29, 1.82) is 5.26 Å². The fraction of sp³-hybridized carbons (Fsp3) is 0.917. The van der Waals surface area contributed by atoms with Crippen LogP contribution in [-0.2, 0) is 0 Å². The van der Waals surface area contributed by atoms with Crippen LogP contribution in [-0.4, -0.2) is 36.6 Å². The highest BCUT2D eigenvalue weighted by Crippen LogP contribution is 2.21. The van der Waals surface area contributed by atoms with Crippen LogP contribution in [0.3, 0.4) is 0 Å². The summed E-state index contributed by atoms with van der Waals surface area (Å²) >= 11 is 0. The fourth-order valence-electron chi connectivity index (χ4n) is 2.08. The molecule has 1 atom stereocenters. The molecule has 1 heterocycles. The summed E-state index contributed by atoms with van der Waals surface area (Å²) in [5.41, 5.74) is 0.300. The summed E-state index contributed by atoms with van der Waals surface area (Å²) in [7, 11) is 0. The summed E-state index contributed by atoms with van der Waals surface area (Å²) < 4.78 is 0.